The highest BCUT2D eigenvalue weighted by atomic mass is 35.5. The summed E-state index contributed by atoms with van der Waals surface area (Å²) in [5, 5.41) is 3.26. The Labute approximate surface area is 135 Å². The minimum Gasteiger partial charge on any atom is -0.368 e. The molecule has 1 aromatic rings. The summed E-state index contributed by atoms with van der Waals surface area (Å²) in [4.78, 5) is 25.8. The minimum atomic E-state index is -0.524. The van der Waals surface area contributed by atoms with Crippen LogP contribution in [-0.2, 0) is 9.59 Å². The Hall–Kier alpha value is -1.79. The molecule has 4 N–H and O–H groups in total. The molecule has 1 aromatic carbocycles. The number of hydrogen-bond acceptors (Lipinski definition) is 3. The number of aryl methyl sites for hydroxylation is 1. The summed E-state index contributed by atoms with van der Waals surface area (Å²) in [7, 11) is 0. The van der Waals surface area contributed by atoms with Crippen LogP contribution < -0.4 is 20.9 Å². The lowest BCUT2D eigenvalue weighted by molar-refractivity contribution is -0.892. The Bertz CT molecular complexity index is 556. The van der Waals surface area contributed by atoms with Gasteiger partial charge in [0.15, 0.2) is 6.54 Å². The molecule has 1 aliphatic heterocycles. The average Bonchev–Trinajstić information content (AvgIpc) is 2.48. The predicted octanol–water partition coefficient (Wildman–Crippen LogP) is -1.05. The van der Waals surface area contributed by atoms with Gasteiger partial charge in [-0.05, 0) is 24.6 Å². The molecule has 1 aliphatic rings. The van der Waals surface area contributed by atoms with Gasteiger partial charge in [-0.1, -0.05) is 17.7 Å². The molecule has 120 valence electrons. The van der Waals surface area contributed by atoms with Crippen LogP contribution in [0.3, 0.4) is 0 Å². The van der Waals surface area contributed by atoms with Gasteiger partial charge in [0.1, 0.15) is 0 Å². The molecule has 1 fully saturated rings. The van der Waals surface area contributed by atoms with Crippen LogP contribution in [0.15, 0.2) is 18.2 Å². The van der Waals surface area contributed by atoms with Gasteiger partial charge in [0.2, 0.25) is 5.91 Å². The smallest absolute Gasteiger partial charge is 0.275 e. The van der Waals surface area contributed by atoms with E-state index in [1.54, 1.807) is 0 Å². The number of quaternary nitrogens is 1. The third-order valence-corrected chi connectivity index (χ3v) is 4.09. The molecule has 1 saturated heterocycles. The molecule has 0 unspecified atom stereocenters. The molecule has 7 heteroatoms. The van der Waals surface area contributed by atoms with Gasteiger partial charge >= 0.3 is 0 Å². The standard InChI is InChI=1S/C15H21ClN4O2/c1-11-2-3-12(16)8-13(11)20-6-4-19(5-7-20)10-15(22)18-9-14(17)21/h2-3,8H,4-7,9-10H2,1H3,(H2,17,21)(H,18,22)/p+1. The van der Waals surface area contributed by atoms with Gasteiger partial charge in [0.25, 0.3) is 5.91 Å². The van der Waals surface area contributed by atoms with E-state index in [1.165, 1.54) is 10.5 Å². The number of halogens is 1. The van der Waals surface area contributed by atoms with Gasteiger partial charge in [-0.2, -0.15) is 0 Å². The normalized spacial score (nSPS) is 15.6. The molecule has 0 atom stereocenters. The Kier molecular flexibility index (Phi) is 5.63. The Morgan fingerprint density at radius 1 is 1.36 bits per heavy atom. The number of carbonyl (C=O) groups is 2. The zero-order chi connectivity index (χ0) is 16.1. The highest BCUT2D eigenvalue weighted by Gasteiger charge is 2.23. The molecule has 2 amide bonds. The number of nitrogens with zero attached hydrogens (tertiary/aromatic N) is 1. The highest BCUT2D eigenvalue weighted by molar-refractivity contribution is 6.30. The lowest BCUT2D eigenvalue weighted by atomic mass is 10.1. The molecule has 0 aliphatic carbocycles. The van der Waals surface area contributed by atoms with Crippen LogP contribution in [0.4, 0.5) is 5.69 Å². The lowest BCUT2D eigenvalue weighted by Crippen LogP contribution is -3.16. The van der Waals surface area contributed by atoms with Crippen molar-refractivity contribution < 1.29 is 14.5 Å². The second-order valence-corrected chi connectivity index (χ2v) is 6.02. The van der Waals surface area contributed by atoms with E-state index in [1.807, 2.05) is 18.2 Å². The van der Waals surface area contributed by atoms with Crippen LogP contribution in [0.5, 0.6) is 0 Å². The van der Waals surface area contributed by atoms with E-state index in [-0.39, 0.29) is 12.5 Å². The zero-order valence-corrected chi connectivity index (χ0v) is 13.4. The molecule has 1 heterocycles. The molecular weight excluding hydrogens is 304 g/mol. The van der Waals surface area contributed by atoms with Crippen LogP contribution in [-0.4, -0.2) is 51.1 Å². The fourth-order valence-electron chi connectivity index (χ4n) is 2.64. The van der Waals surface area contributed by atoms with Crippen molar-refractivity contribution in [2.75, 3.05) is 44.2 Å². The first-order chi connectivity index (χ1) is 10.5. The topological polar surface area (TPSA) is 79.9 Å². The van der Waals surface area contributed by atoms with Crippen molar-refractivity contribution >= 4 is 29.1 Å². The van der Waals surface area contributed by atoms with Crippen molar-refractivity contribution in [3.05, 3.63) is 28.8 Å². The van der Waals surface area contributed by atoms with Gasteiger partial charge in [-0.3, -0.25) is 9.59 Å². The molecule has 0 spiro atoms. The van der Waals surface area contributed by atoms with E-state index in [4.69, 9.17) is 17.3 Å². The first-order valence-electron chi connectivity index (χ1n) is 7.35. The minimum absolute atomic E-state index is 0.0973. The number of nitrogens with two attached hydrogens (primary N) is 1. The second kappa shape index (κ2) is 7.47. The van der Waals surface area contributed by atoms with E-state index in [0.29, 0.717) is 6.54 Å². The summed E-state index contributed by atoms with van der Waals surface area (Å²) in [6.45, 7) is 5.84. The van der Waals surface area contributed by atoms with Crippen molar-refractivity contribution in [3.63, 3.8) is 0 Å². The summed E-state index contributed by atoms with van der Waals surface area (Å²) in [6.07, 6.45) is 0. The first-order valence-corrected chi connectivity index (χ1v) is 7.73. The molecule has 0 bridgehead atoms. The van der Waals surface area contributed by atoms with Crippen molar-refractivity contribution in [1.29, 1.82) is 0 Å². The van der Waals surface area contributed by atoms with E-state index < -0.39 is 5.91 Å². The second-order valence-electron chi connectivity index (χ2n) is 5.59. The van der Waals surface area contributed by atoms with Crippen molar-refractivity contribution in [3.8, 4) is 0 Å². The molecular formula is C15H22ClN4O2+. The number of rotatable bonds is 5. The Morgan fingerprint density at radius 3 is 2.68 bits per heavy atom. The van der Waals surface area contributed by atoms with Crippen LogP contribution >= 0.6 is 11.6 Å². The fourth-order valence-corrected chi connectivity index (χ4v) is 2.81. The van der Waals surface area contributed by atoms with Gasteiger partial charge in [0.05, 0.1) is 32.7 Å². The summed E-state index contributed by atoms with van der Waals surface area (Å²) < 4.78 is 0. The van der Waals surface area contributed by atoms with Crippen molar-refractivity contribution in [1.82, 2.24) is 5.32 Å². The SMILES string of the molecule is Cc1ccc(Cl)cc1N1CC[NH+](CC(=O)NCC(N)=O)CC1. The molecule has 2 rings (SSSR count). The first kappa shape index (κ1) is 16.6. The quantitative estimate of drug-likeness (QED) is 0.646. The predicted molar refractivity (Wildman–Crippen MR) is 86.2 cm³/mol. The van der Waals surface area contributed by atoms with E-state index in [2.05, 4.69) is 17.1 Å². The number of anilines is 1. The molecule has 22 heavy (non-hydrogen) atoms. The number of piperazine rings is 1. The van der Waals surface area contributed by atoms with Gasteiger partial charge in [-0.25, -0.2) is 0 Å². The maximum absolute atomic E-state index is 11.7. The largest absolute Gasteiger partial charge is 0.368 e. The highest BCUT2D eigenvalue weighted by Crippen LogP contribution is 2.24. The van der Waals surface area contributed by atoms with E-state index in [0.717, 1.165) is 36.9 Å². The summed E-state index contributed by atoms with van der Waals surface area (Å²) >= 11 is 6.07. The number of benzene rings is 1. The summed E-state index contributed by atoms with van der Waals surface area (Å²) in [6, 6.07) is 5.90. The van der Waals surface area contributed by atoms with Crippen molar-refractivity contribution in [2.24, 2.45) is 5.73 Å². The summed E-state index contributed by atoms with van der Waals surface area (Å²) in [5.74, 6) is -0.661. The monoisotopic (exact) mass is 325 g/mol. The average molecular weight is 326 g/mol. The number of hydrogen-bond donors (Lipinski definition) is 3. The van der Waals surface area contributed by atoms with Crippen LogP contribution in [0.2, 0.25) is 5.02 Å². The lowest BCUT2D eigenvalue weighted by Gasteiger charge is -2.34. The Morgan fingerprint density at radius 2 is 2.05 bits per heavy atom. The number of amides is 2. The number of primary amides is 1. The fraction of sp³-hybridized carbons (Fsp3) is 0.467. The van der Waals surface area contributed by atoms with Crippen LogP contribution in [0, 0.1) is 6.92 Å². The third-order valence-electron chi connectivity index (χ3n) is 3.85. The van der Waals surface area contributed by atoms with E-state index >= 15 is 0 Å². The van der Waals surface area contributed by atoms with Crippen LogP contribution in [0.1, 0.15) is 5.56 Å². The van der Waals surface area contributed by atoms with Gasteiger partial charge in [-0.15, -0.1) is 0 Å². The van der Waals surface area contributed by atoms with E-state index in [9.17, 15) is 9.59 Å². The van der Waals surface area contributed by atoms with Gasteiger partial charge < -0.3 is 20.9 Å². The Balaban J connectivity index is 1.84. The number of carbonyl (C=O) groups excluding carboxylic acids is 2. The molecule has 0 aromatic heterocycles. The zero-order valence-electron chi connectivity index (χ0n) is 12.7. The number of nitrogens with one attached hydrogen (secondary N) is 2. The molecule has 6 nitrogen and oxygen atoms in total. The maximum Gasteiger partial charge on any atom is 0.275 e. The summed E-state index contributed by atoms with van der Waals surface area (Å²) in [5.41, 5.74) is 7.36. The van der Waals surface area contributed by atoms with Gasteiger partial charge in [0, 0.05) is 10.7 Å². The molecule has 0 radical (unpaired) electrons. The maximum atomic E-state index is 11.7. The third kappa shape index (κ3) is 4.61. The van der Waals surface area contributed by atoms with Crippen LogP contribution in [0.25, 0.3) is 0 Å². The van der Waals surface area contributed by atoms with Crippen molar-refractivity contribution in [2.45, 2.75) is 6.92 Å². The molecule has 0 saturated carbocycles.